The van der Waals surface area contributed by atoms with Crippen LogP contribution in [-0.4, -0.2) is 30.4 Å². The molecule has 0 bridgehead atoms. The summed E-state index contributed by atoms with van der Waals surface area (Å²) >= 11 is 0. The number of epoxide rings is 1. The maximum Gasteiger partial charge on any atom is 0.407 e. The van der Waals surface area contributed by atoms with Gasteiger partial charge in [0.25, 0.3) is 0 Å². The van der Waals surface area contributed by atoms with Crippen molar-refractivity contribution in [2.75, 3.05) is 6.61 Å². The molecule has 1 N–H and O–H groups in total. The summed E-state index contributed by atoms with van der Waals surface area (Å²) in [5.41, 5.74) is -0.414. The number of carbonyl (C=O) groups is 1. The number of hydrogen-bond acceptors (Lipinski definition) is 3. The van der Waals surface area contributed by atoms with Crippen LogP contribution in [0.4, 0.5) is 4.79 Å². The molecule has 0 aromatic heterocycles. The number of rotatable bonds is 2. The molecule has 2 fully saturated rings. The maximum absolute atomic E-state index is 11.6. The molecule has 4 heteroatoms. The molecule has 0 unspecified atom stereocenters. The molecule has 1 amide bonds. The van der Waals surface area contributed by atoms with E-state index in [1.807, 2.05) is 20.8 Å². The highest BCUT2D eigenvalue weighted by molar-refractivity contribution is 5.68. The summed E-state index contributed by atoms with van der Waals surface area (Å²) in [6, 6.07) is 0.278. The van der Waals surface area contributed by atoms with Crippen LogP contribution in [0, 0.1) is 5.92 Å². The maximum atomic E-state index is 11.6. The summed E-state index contributed by atoms with van der Waals surface area (Å²) in [6.45, 7) is 6.59. The van der Waals surface area contributed by atoms with Crippen molar-refractivity contribution in [3.63, 3.8) is 0 Å². The Morgan fingerprint density at radius 1 is 1.24 bits per heavy atom. The highest BCUT2D eigenvalue weighted by atomic mass is 16.6. The van der Waals surface area contributed by atoms with E-state index < -0.39 is 5.60 Å². The van der Waals surface area contributed by atoms with Gasteiger partial charge in [0.1, 0.15) is 5.60 Å². The van der Waals surface area contributed by atoms with E-state index in [1.54, 1.807) is 0 Å². The normalized spacial score (nSPS) is 33.0. The van der Waals surface area contributed by atoms with Crippen LogP contribution >= 0.6 is 0 Å². The van der Waals surface area contributed by atoms with Gasteiger partial charge in [-0.1, -0.05) is 0 Å². The Morgan fingerprint density at radius 3 is 2.29 bits per heavy atom. The largest absolute Gasteiger partial charge is 0.444 e. The Kier molecular flexibility index (Phi) is 3.61. The first-order chi connectivity index (χ1) is 7.94. The van der Waals surface area contributed by atoms with Gasteiger partial charge in [0.15, 0.2) is 0 Å². The minimum atomic E-state index is -0.414. The lowest BCUT2D eigenvalue weighted by atomic mass is 9.84. The van der Waals surface area contributed by atoms with Gasteiger partial charge in [0.2, 0.25) is 0 Å². The van der Waals surface area contributed by atoms with Crippen LogP contribution in [0.5, 0.6) is 0 Å². The molecule has 1 heterocycles. The van der Waals surface area contributed by atoms with Crippen LogP contribution in [0.2, 0.25) is 0 Å². The van der Waals surface area contributed by atoms with E-state index in [0.29, 0.717) is 12.0 Å². The highest BCUT2D eigenvalue weighted by Crippen LogP contribution is 2.33. The first kappa shape index (κ1) is 12.7. The van der Waals surface area contributed by atoms with Gasteiger partial charge < -0.3 is 14.8 Å². The topological polar surface area (TPSA) is 50.9 Å². The Hall–Kier alpha value is -0.770. The van der Waals surface area contributed by atoms with Gasteiger partial charge in [-0.3, -0.25) is 0 Å². The fourth-order valence-corrected chi connectivity index (χ4v) is 2.44. The van der Waals surface area contributed by atoms with Gasteiger partial charge in [-0.05, 0) is 52.4 Å². The predicted molar refractivity (Wildman–Crippen MR) is 64.9 cm³/mol. The van der Waals surface area contributed by atoms with Crippen LogP contribution in [0.3, 0.4) is 0 Å². The zero-order chi connectivity index (χ0) is 12.5. The third-order valence-corrected chi connectivity index (χ3v) is 3.38. The Labute approximate surface area is 103 Å². The molecule has 0 spiro atoms. The van der Waals surface area contributed by atoms with Crippen LogP contribution in [0.1, 0.15) is 46.5 Å². The van der Waals surface area contributed by atoms with Crippen molar-refractivity contribution >= 4 is 6.09 Å². The second kappa shape index (κ2) is 4.84. The zero-order valence-electron chi connectivity index (χ0n) is 11.0. The first-order valence-corrected chi connectivity index (χ1v) is 6.55. The molecule has 0 aromatic rings. The molecule has 1 aliphatic heterocycles. The van der Waals surface area contributed by atoms with Gasteiger partial charge in [0.05, 0.1) is 12.7 Å². The molecule has 98 valence electrons. The Balaban J connectivity index is 1.68. The average molecular weight is 241 g/mol. The van der Waals surface area contributed by atoms with Gasteiger partial charge in [0, 0.05) is 6.04 Å². The zero-order valence-corrected chi connectivity index (χ0v) is 11.0. The fourth-order valence-electron chi connectivity index (χ4n) is 2.44. The lowest BCUT2D eigenvalue weighted by Gasteiger charge is -2.29. The van der Waals surface area contributed by atoms with E-state index in [9.17, 15) is 4.79 Å². The molecule has 1 saturated heterocycles. The van der Waals surface area contributed by atoms with E-state index in [-0.39, 0.29) is 12.1 Å². The standard InChI is InChI=1S/C13H23NO3/c1-13(2,3)17-12(15)14-10-6-4-9(5-7-10)11-8-16-11/h9-11H,4-8H2,1-3H3,(H,14,15)/t9?,10?,11-/m0/s1. The monoisotopic (exact) mass is 241 g/mol. The molecule has 1 aliphatic carbocycles. The van der Waals surface area contributed by atoms with Gasteiger partial charge >= 0.3 is 6.09 Å². The van der Waals surface area contributed by atoms with Crippen LogP contribution in [-0.2, 0) is 9.47 Å². The summed E-state index contributed by atoms with van der Waals surface area (Å²) in [5.74, 6) is 0.715. The minimum absolute atomic E-state index is 0.278. The molecular weight excluding hydrogens is 218 g/mol. The van der Waals surface area contributed by atoms with E-state index in [0.717, 1.165) is 32.3 Å². The van der Waals surface area contributed by atoms with Gasteiger partial charge in [-0.15, -0.1) is 0 Å². The number of ether oxygens (including phenoxy) is 2. The third kappa shape index (κ3) is 4.19. The average Bonchev–Trinajstić information content (AvgIpc) is 2.99. The quantitative estimate of drug-likeness (QED) is 0.756. The van der Waals surface area contributed by atoms with Gasteiger partial charge in [-0.25, -0.2) is 4.79 Å². The summed E-state index contributed by atoms with van der Waals surface area (Å²) in [5, 5.41) is 2.95. The lowest BCUT2D eigenvalue weighted by molar-refractivity contribution is 0.0485. The molecule has 4 nitrogen and oxygen atoms in total. The van der Waals surface area contributed by atoms with E-state index >= 15 is 0 Å². The van der Waals surface area contributed by atoms with Crippen LogP contribution < -0.4 is 5.32 Å². The van der Waals surface area contributed by atoms with Crippen LogP contribution in [0.15, 0.2) is 0 Å². The number of alkyl carbamates (subject to hydrolysis) is 1. The van der Waals surface area contributed by atoms with Crippen molar-refractivity contribution in [1.82, 2.24) is 5.32 Å². The summed E-state index contributed by atoms with van der Waals surface area (Å²) in [7, 11) is 0. The SMILES string of the molecule is CC(C)(C)OC(=O)NC1CCC([C@@H]2CO2)CC1. The van der Waals surface area contributed by atoms with Crippen molar-refractivity contribution in [1.29, 1.82) is 0 Å². The van der Waals surface area contributed by atoms with Crippen molar-refractivity contribution < 1.29 is 14.3 Å². The van der Waals surface area contributed by atoms with Crippen molar-refractivity contribution in [2.45, 2.75) is 64.2 Å². The minimum Gasteiger partial charge on any atom is -0.444 e. The third-order valence-electron chi connectivity index (χ3n) is 3.38. The molecular formula is C13H23NO3. The van der Waals surface area contributed by atoms with Crippen LogP contribution in [0.25, 0.3) is 0 Å². The Morgan fingerprint density at radius 2 is 1.82 bits per heavy atom. The molecule has 0 aromatic carbocycles. The van der Waals surface area contributed by atoms with E-state index in [1.165, 1.54) is 0 Å². The molecule has 0 radical (unpaired) electrons. The highest BCUT2D eigenvalue weighted by Gasteiger charge is 2.35. The number of amides is 1. The molecule has 1 atom stereocenters. The molecule has 2 rings (SSSR count). The number of hydrogen-bond donors (Lipinski definition) is 1. The van der Waals surface area contributed by atoms with E-state index in [2.05, 4.69) is 5.32 Å². The molecule has 17 heavy (non-hydrogen) atoms. The Bertz CT molecular complexity index is 273. The van der Waals surface area contributed by atoms with Crippen molar-refractivity contribution in [2.24, 2.45) is 5.92 Å². The van der Waals surface area contributed by atoms with E-state index in [4.69, 9.17) is 9.47 Å². The summed E-state index contributed by atoms with van der Waals surface area (Å²) < 4.78 is 10.6. The lowest BCUT2D eigenvalue weighted by Crippen LogP contribution is -2.41. The van der Waals surface area contributed by atoms with Crippen molar-refractivity contribution in [3.8, 4) is 0 Å². The van der Waals surface area contributed by atoms with Gasteiger partial charge in [-0.2, -0.15) is 0 Å². The first-order valence-electron chi connectivity index (χ1n) is 6.55. The second-order valence-electron chi connectivity index (χ2n) is 6.13. The number of carbonyl (C=O) groups excluding carboxylic acids is 1. The molecule has 2 aliphatic rings. The molecule has 1 saturated carbocycles. The number of nitrogens with one attached hydrogen (secondary N) is 1. The fraction of sp³-hybridized carbons (Fsp3) is 0.923. The summed E-state index contributed by atoms with van der Waals surface area (Å²) in [6.07, 6.45) is 4.63. The summed E-state index contributed by atoms with van der Waals surface area (Å²) in [4.78, 5) is 11.6. The smallest absolute Gasteiger partial charge is 0.407 e. The van der Waals surface area contributed by atoms with Crippen molar-refractivity contribution in [3.05, 3.63) is 0 Å². The predicted octanol–water partition coefficient (Wildman–Crippen LogP) is 2.47. The second-order valence-corrected chi connectivity index (χ2v) is 6.13.